The van der Waals surface area contributed by atoms with Gasteiger partial charge in [0.25, 0.3) is 0 Å². The van der Waals surface area contributed by atoms with Crippen LogP contribution >= 0.6 is 0 Å². The van der Waals surface area contributed by atoms with E-state index >= 15 is 0 Å². The van der Waals surface area contributed by atoms with Crippen LogP contribution in [-0.4, -0.2) is 71.1 Å². The van der Waals surface area contributed by atoms with E-state index in [0.717, 1.165) is 12.0 Å². The molecular weight excluding hydrogens is 494 g/mol. The van der Waals surface area contributed by atoms with Crippen LogP contribution in [0.3, 0.4) is 0 Å². The van der Waals surface area contributed by atoms with Gasteiger partial charge in [0.05, 0.1) is 12.5 Å². The Morgan fingerprint density at radius 3 is 2.55 bits per heavy atom. The Balaban J connectivity index is 1.60. The molecule has 10 nitrogen and oxygen atoms in total. The molecule has 0 saturated heterocycles. The van der Waals surface area contributed by atoms with E-state index in [2.05, 4.69) is 12.2 Å². The van der Waals surface area contributed by atoms with E-state index in [4.69, 9.17) is 14.6 Å². The molecule has 0 aromatic carbocycles. The molecule has 0 aliphatic heterocycles. The topological polar surface area (TPSA) is 156 Å². The number of fused-ring (bicyclic) bond motifs is 5. The number of ether oxygens (including phenoxy) is 2. The number of carbonyl (C=O) groups is 5. The monoisotopic (exact) mass is 531 g/mol. The highest BCUT2D eigenvalue weighted by Gasteiger charge is 2.70. The van der Waals surface area contributed by atoms with Crippen molar-refractivity contribution in [1.29, 1.82) is 0 Å². The van der Waals surface area contributed by atoms with E-state index in [9.17, 15) is 29.1 Å². The molecule has 8 atom stereocenters. The summed E-state index contributed by atoms with van der Waals surface area (Å²) in [4.78, 5) is 61.6. The summed E-state index contributed by atoms with van der Waals surface area (Å²) >= 11 is 0. The molecule has 3 N–H and O–H groups in total. The second kappa shape index (κ2) is 10.0. The van der Waals surface area contributed by atoms with Crippen LogP contribution in [-0.2, 0) is 33.4 Å². The van der Waals surface area contributed by atoms with Crippen molar-refractivity contribution >= 4 is 29.5 Å². The summed E-state index contributed by atoms with van der Waals surface area (Å²) < 4.78 is 11.0. The number of ketones is 2. The zero-order valence-corrected chi connectivity index (χ0v) is 22.3. The average Bonchev–Trinajstić information content (AvgIpc) is 3.12. The highest BCUT2D eigenvalue weighted by Crippen LogP contribution is 2.67. The summed E-state index contributed by atoms with van der Waals surface area (Å²) in [6, 6.07) is -1.16. The van der Waals surface area contributed by atoms with Gasteiger partial charge in [-0.1, -0.05) is 25.5 Å². The Bertz CT molecular complexity index is 1110. The van der Waals surface area contributed by atoms with Crippen molar-refractivity contribution in [2.24, 2.45) is 28.6 Å². The van der Waals surface area contributed by atoms with Crippen LogP contribution in [0.5, 0.6) is 0 Å². The number of esters is 2. The van der Waals surface area contributed by atoms with E-state index in [-0.39, 0.29) is 36.4 Å². The van der Waals surface area contributed by atoms with Gasteiger partial charge in [0.15, 0.2) is 18.0 Å². The number of carboxylic acid groups (broad SMARTS) is 1. The summed E-state index contributed by atoms with van der Waals surface area (Å²) in [5.74, 6) is -3.51. The van der Waals surface area contributed by atoms with Gasteiger partial charge in [-0.2, -0.15) is 0 Å². The lowest BCUT2D eigenvalue weighted by Gasteiger charge is -2.59. The summed E-state index contributed by atoms with van der Waals surface area (Å²) in [5, 5.41) is 23.2. The number of rotatable bonds is 8. The summed E-state index contributed by atoms with van der Waals surface area (Å²) in [6.45, 7) is 4.50. The van der Waals surface area contributed by atoms with Crippen LogP contribution < -0.4 is 5.32 Å². The average molecular weight is 532 g/mol. The van der Waals surface area contributed by atoms with Crippen LogP contribution in [0.4, 0.5) is 0 Å². The molecule has 0 heterocycles. The fraction of sp³-hybridized carbons (Fsp3) is 0.679. The van der Waals surface area contributed by atoms with E-state index in [0.29, 0.717) is 12.8 Å². The Labute approximate surface area is 221 Å². The normalized spacial score (nSPS) is 38.2. The molecule has 3 unspecified atom stereocenters. The summed E-state index contributed by atoms with van der Waals surface area (Å²) in [6.07, 6.45) is 6.34. The molecule has 0 aromatic heterocycles. The third kappa shape index (κ3) is 4.41. The molecule has 3 saturated carbocycles. The van der Waals surface area contributed by atoms with E-state index in [1.165, 1.54) is 14.0 Å². The van der Waals surface area contributed by atoms with Crippen LogP contribution in [0.25, 0.3) is 0 Å². The highest BCUT2D eigenvalue weighted by atomic mass is 16.6. The molecule has 4 aliphatic carbocycles. The van der Waals surface area contributed by atoms with Crippen LogP contribution in [0.2, 0.25) is 0 Å². The lowest BCUT2D eigenvalue weighted by Crippen LogP contribution is -2.63. The first-order valence-electron chi connectivity index (χ1n) is 13.2. The van der Waals surface area contributed by atoms with E-state index in [1.807, 2.05) is 13.0 Å². The molecule has 38 heavy (non-hydrogen) atoms. The maximum absolute atomic E-state index is 13.7. The van der Waals surface area contributed by atoms with Crippen molar-refractivity contribution < 1.29 is 43.7 Å². The summed E-state index contributed by atoms with van der Waals surface area (Å²) in [5.41, 5.74) is -1.94. The predicted octanol–water partition coefficient (Wildman–Crippen LogP) is 1.74. The van der Waals surface area contributed by atoms with Crippen LogP contribution in [0, 0.1) is 28.6 Å². The number of nitrogens with one attached hydrogen (secondary N) is 1. The number of hydrogen-bond acceptors (Lipinski definition) is 9. The fourth-order valence-corrected chi connectivity index (χ4v) is 8.04. The maximum atomic E-state index is 13.7. The molecule has 0 radical (unpaired) electrons. The SMILES string of the molecule is CN[C@H](CC(=O)OCC(=O)[C@@]1(OC(C)=O)CCC2C3CCC4=CC(=O)C=C[C@]4(C)C3[C@@H](O)C[C@@]21C)C(=O)O. The molecule has 4 aliphatic rings. The third-order valence-corrected chi connectivity index (χ3v) is 9.77. The van der Waals surface area contributed by atoms with Gasteiger partial charge in [0, 0.05) is 23.7 Å². The van der Waals surface area contributed by atoms with Crippen molar-refractivity contribution in [3.63, 3.8) is 0 Å². The second-order valence-electron chi connectivity index (χ2n) is 11.6. The van der Waals surface area contributed by atoms with Gasteiger partial charge in [-0.3, -0.25) is 24.0 Å². The van der Waals surface area contributed by atoms with Gasteiger partial charge in [-0.05, 0) is 63.1 Å². The minimum Gasteiger partial charge on any atom is -0.480 e. The van der Waals surface area contributed by atoms with Gasteiger partial charge in [-0.25, -0.2) is 0 Å². The molecule has 208 valence electrons. The zero-order valence-electron chi connectivity index (χ0n) is 22.3. The Kier molecular flexibility index (Phi) is 7.44. The number of carbonyl (C=O) groups excluding carboxylic acids is 4. The molecule has 3 fully saturated rings. The number of aliphatic hydroxyl groups excluding tert-OH is 1. The fourth-order valence-electron chi connectivity index (χ4n) is 8.04. The quantitative estimate of drug-likeness (QED) is 0.394. The van der Waals surface area contributed by atoms with Gasteiger partial charge >= 0.3 is 17.9 Å². The van der Waals surface area contributed by atoms with Crippen molar-refractivity contribution in [1.82, 2.24) is 5.32 Å². The number of aliphatic hydroxyl groups is 1. The number of allylic oxidation sites excluding steroid dienone is 4. The molecule has 0 spiro atoms. The van der Waals surface area contributed by atoms with Gasteiger partial charge < -0.3 is 25.0 Å². The maximum Gasteiger partial charge on any atom is 0.321 e. The molecule has 0 aromatic rings. The molecular formula is C28H37NO9. The highest BCUT2D eigenvalue weighted by molar-refractivity contribution is 6.01. The van der Waals surface area contributed by atoms with E-state index < -0.39 is 65.3 Å². The Morgan fingerprint density at radius 1 is 1.21 bits per heavy atom. The molecule has 0 bridgehead atoms. The number of carboxylic acids is 1. The number of Topliss-reactive ketones (excluding diaryl/α,β-unsaturated/α-hetero) is 1. The smallest absolute Gasteiger partial charge is 0.321 e. The second-order valence-corrected chi connectivity index (χ2v) is 11.6. The van der Waals surface area contributed by atoms with Crippen molar-refractivity contribution in [2.75, 3.05) is 13.7 Å². The van der Waals surface area contributed by atoms with Crippen molar-refractivity contribution in [2.45, 2.75) is 77.0 Å². The number of aliphatic carboxylic acids is 1. The molecule has 0 amide bonds. The standard InChI is InChI=1S/C28H37NO9/c1-15(30)38-28(22(33)14-37-23(34)12-20(29-4)25(35)36)10-8-19-18-6-5-16-11-17(31)7-9-26(16,2)24(18)21(32)13-27(19,28)3/h7,9,11,18-21,24,29,32H,5-6,8,10,12-14H2,1-4H3,(H,35,36)/t18?,19?,20-,21+,24?,26+,27+,28+/m1/s1. The van der Waals surface area contributed by atoms with Crippen LogP contribution in [0.1, 0.15) is 59.3 Å². The first kappa shape index (κ1) is 28.2. The Hall–Kier alpha value is -2.85. The largest absolute Gasteiger partial charge is 0.480 e. The van der Waals surface area contributed by atoms with Crippen LogP contribution in [0.15, 0.2) is 23.8 Å². The van der Waals surface area contributed by atoms with Crippen molar-refractivity contribution in [3.8, 4) is 0 Å². The molecule has 4 rings (SSSR count). The number of likely N-dealkylation sites (N-methyl/N-ethyl adjacent to an activating group) is 1. The minimum atomic E-state index is -1.58. The lowest BCUT2D eigenvalue weighted by atomic mass is 9.46. The Morgan fingerprint density at radius 2 is 1.92 bits per heavy atom. The number of hydrogen-bond donors (Lipinski definition) is 3. The lowest BCUT2D eigenvalue weighted by molar-refractivity contribution is -0.199. The van der Waals surface area contributed by atoms with Crippen molar-refractivity contribution in [3.05, 3.63) is 23.8 Å². The third-order valence-electron chi connectivity index (χ3n) is 9.77. The summed E-state index contributed by atoms with van der Waals surface area (Å²) in [7, 11) is 1.40. The van der Waals surface area contributed by atoms with Gasteiger partial charge in [0.2, 0.25) is 5.78 Å². The first-order valence-corrected chi connectivity index (χ1v) is 13.2. The minimum absolute atomic E-state index is 0.0310. The van der Waals surface area contributed by atoms with E-state index in [1.54, 1.807) is 12.2 Å². The molecule has 10 heteroatoms. The zero-order chi connectivity index (χ0) is 28.0. The van der Waals surface area contributed by atoms with Gasteiger partial charge in [0.1, 0.15) is 6.04 Å². The van der Waals surface area contributed by atoms with Gasteiger partial charge in [-0.15, -0.1) is 0 Å². The predicted molar refractivity (Wildman–Crippen MR) is 134 cm³/mol. The first-order chi connectivity index (χ1) is 17.8.